The lowest BCUT2D eigenvalue weighted by molar-refractivity contribution is -0.137. The molecule has 1 aliphatic heterocycles. The average Bonchev–Trinajstić information content (AvgIpc) is 2.85. The molecule has 0 atom stereocenters. The van der Waals surface area contributed by atoms with Gasteiger partial charge in [-0.3, -0.25) is 9.59 Å². The van der Waals surface area contributed by atoms with Crippen LogP contribution in [-0.2, 0) is 20.8 Å². The zero-order chi connectivity index (χ0) is 23.3. The van der Waals surface area contributed by atoms with Crippen LogP contribution in [0.4, 0.5) is 5.69 Å². The molecule has 3 aromatic rings. The number of rotatable bonds is 9. The maximum atomic E-state index is 12.7. The Balaban J connectivity index is 1.55. The molecule has 4 rings (SSSR count). The Bertz CT molecular complexity index is 1080. The summed E-state index contributed by atoms with van der Waals surface area (Å²) in [5.41, 5.74) is 3.96. The molecule has 0 aliphatic carbocycles. The minimum Gasteiger partial charge on any atom is -0.481 e. The Morgan fingerprint density at radius 2 is 1.64 bits per heavy atom. The third-order valence-electron chi connectivity index (χ3n) is 5.97. The van der Waals surface area contributed by atoms with E-state index in [1.54, 1.807) is 16.7 Å². The molecule has 5 nitrogen and oxygen atoms in total. The number of anilines is 1. The summed E-state index contributed by atoms with van der Waals surface area (Å²) in [4.78, 5) is 25.5. The number of carbonyl (C=O) groups excluding carboxylic acids is 1. The van der Waals surface area contributed by atoms with Crippen LogP contribution in [0.1, 0.15) is 30.0 Å². The minimum absolute atomic E-state index is 0.0239. The first-order valence-corrected chi connectivity index (χ1v) is 12.0. The maximum absolute atomic E-state index is 12.7. The van der Waals surface area contributed by atoms with Gasteiger partial charge >= 0.3 is 5.97 Å². The first-order valence-electron chi connectivity index (χ1n) is 11.0. The number of aryl methyl sites for hydroxylation is 1. The summed E-state index contributed by atoms with van der Waals surface area (Å²) in [6.45, 7) is 2.73. The number of carbonyl (C=O) groups is 2. The lowest BCUT2D eigenvalue weighted by Crippen LogP contribution is -2.40. The van der Waals surface area contributed by atoms with Crippen molar-refractivity contribution in [3.63, 3.8) is 0 Å². The van der Waals surface area contributed by atoms with Crippen LogP contribution in [0.15, 0.2) is 78.9 Å². The van der Waals surface area contributed by atoms with Crippen molar-refractivity contribution >= 4 is 29.3 Å². The second-order valence-electron chi connectivity index (χ2n) is 8.11. The van der Waals surface area contributed by atoms with Gasteiger partial charge in [-0.15, -0.1) is 11.8 Å². The Labute approximate surface area is 198 Å². The first-order chi connectivity index (χ1) is 16.0. The van der Waals surface area contributed by atoms with E-state index in [4.69, 9.17) is 9.84 Å². The van der Waals surface area contributed by atoms with E-state index in [1.165, 1.54) is 11.1 Å². The van der Waals surface area contributed by atoms with Gasteiger partial charge in [0.05, 0.1) is 10.4 Å². The fourth-order valence-electron chi connectivity index (χ4n) is 4.17. The van der Waals surface area contributed by atoms with Crippen molar-refractivity contribution in [1.82, 2.24) is 0 Å². The topological polar surface area (TPSA) is 66.8 Å². The molecule has 0 saturated heterocycles. The third kappa shape index (κ3) is 5.06. The van der Waals surface area contributed by atoms with E-state index in [-0.39, 0.29) is 23.7 Å². The minimum atomic E-state index is -0.853. The van der Waals surface area contributed by atoms with Crippen molar-refractivity contribution in [2.45, 2.75) is 24.5 Å². The van der Waals surface area contributed by atoms with Crippen LogP contribution in [-0.4, -0.2) is 35.9 Å². The van der Waals surface area contributed by atoms with Crippen molar-refractivity contribution in [2.75, 3.05) is 23.8 Å². The summed E-state index contributed by atoms with van der Waals surface area (Å²) in [6, 6.07) is 26.4. The van der Waals surface area contributed by atoms with Gasteiger partial charge < -0.3 is 14.7 Å². The van der Waals surface area contributed by atoms with Crippen LogP contribution >= 0.6 is 11.8 Å². The predicted octanol–water partition coefficient (Wildman–Crippen LogP) is 5.13. The highest BCUT2D eigenvalue weighted by Gasteiger charge is 2.31. The van der Waals surface area contributed by atoms with Crippen LogP contribution < -0.4 is 9.64 Å². The molecule has 6 heteroatoms. The summed E-state index contributed by atoms with van der Waals surface area (Å²) >= 11 is 1.81. The van der Waals surface area contributed by atoms with Gasteiger partial charge in [-0.1, -0.05) is 72.8 Å². The highest BCUT2D eigenvalue weighted by atomic mass is 32.2. The molecule has 3 aromatic carbocycles. The molecule has 170 valence electrons. The SMILES string of the molecule is CC(SCCN1C(=O)COc2c(CCC(=O)O)cccc21)(c1ccccc1)c1ccccc1. The maximum Gasteiger partial charge on any atom is 0.303 e. The van der Waals surface area contributed by atoms with E-state index in [9.17, 15) is 9.59 Å². The molecule has 0 fully saturated rings. The van der Waals surface area contributed by atoms with Crippen molar-refractivity contribution < 1.29 is 19.4 Å². The molecular formula is C27H27NO4S. The molecule has 0 aromatic heterocycles. The van der Waals surface area contributed by atoms with E-state index in [0.717, 1.165) is 17.0 Å². The average molecular weight is 462 g/mol. The monoisotopic (exact) mass is 461 g/mol. The Morgan fingerprint density at radius 3 is 2.24 bits per heavy atom. The molecule has 0 saturated carbocycles. The molecule has 0 bridgehead atoms. The van der Waals surface area contributed by atoms with E-state index in [2.05, 4.69) is 55.5 Å². The molecule has 1 heterocycles. The van der Waals surface area contributed by atoms with E-state index in [0.29, 0.717) is 18.7 Å². The fourth-order valence-corrected chi connectivity index (χ4v) is 5.45. The smallest absolute Gasteiger partial charge is 0.303 e. The van der Waals surface area contributed by atoms with Crippen LogP contribution in [0.5, 0.6) is 5.75 Å². The van der Waals surface area contributed by atoms with Crippen LogP contribution in [0.3, 0.4) is 0 Å². The molecule has 0 unspecified atom stereocenters. The highest BCUT2D eigenvalue weighted by molar-refractivity contribution is 8.00. The van der Waals surface area contributed by atoms with Crippen molar-refractivity contribution in [3.05, 3.63) is 95.6 Å². The number of carboxylic acid groups (broad SMARTS) is 1. The second-order valence-corrected chi connectivity index (χ2v) is 9.62. The summed E-state index contributed by atoms with van der Waals surface area (Å²) in [5.74, 6) is 0.413. The Kier molecular flexibility index (Phi) is 7.04. The molecule has 1 N–H and O–H groups in total. The van der Waals surface area contributed by atoms with Gasteiger partial charge in [0.1, 0.15) is 5.75 Å². The van der Waals surface area contributed by atoms with E-state index >= 15 is 0 Å². The van der Waals surface area contributed by atoms with E-state index in [1.807, 2.05) is 30.3 Å². The number of amides is 1. The Morgan fingerprint density at radius 1 is 1.00 bits per heavy atom. The van der Waals surface area contributed by atoms with E-state index < -0.39 is 5.97 Å². The third-order valence-corrected chi connectivity index (χ3v) is 7.41. The number of thioether (sulfide) groups is 1. The molecule has 0 radical (unpaired) electrons. The summed E-state index contributed by atoms with van der Waals surface area (Å²) < 4.78 is 5.46. The quantitative estimate of drug-likeness (QED) is 0.479. The number of hydrogen-bond donors (Lipinski definition) is 1. The lowest BCUT2D eigenvalue weighted by atomic mass is 9.92. The van der Waals surface area contributed by atoms with Crippen molar-refractivity contribution in [3.8, 4) is 5.75 Å². The number of aliphatic carboxylic acids is 1. The number of benzene rings is 3. The summed E-state index contributed by atoms with van der Waals surface area (Å²) in [5, 5.41) is 9.05. The molecule has 1 amide bonds. The summed E-state index contributed by atoms with van der Waals surface area (Å²) in [7, 11) is 0. The number of carboxylic acids is 1. The van der Waals surface area contributed by atoms with Crippen LogP contribution in [0, 0.1) is 0 Å². The largest absolute Gasteiger partial charge is 0.481 e. The molecule has 0 spiro atoms. The number of fused-ring (bicyclic) bond motifs is 1. The van der Waals surface area contributed by atoms with Crippen molar-refractivity contribution in [1.29, 1.82) is 0 Å². The zero-order valence-corrected chi connectivity index (χ0v) is 19.4. The lowest BCUT2D eigenvalue weighted by Gasteiger charge is -2.34. The van der Waals surface area contributed by atoms with Crippen LogP contribution in [0.25, 0.3) is 0 Å². The second kappa shape index (κ2) is 10.1. The number of para-hydroxylation sites is 1. The van der Waals surface area contributed by atoms with Crippen LogP contribution in [0.2, 0.25) is 0 Å². The van der Waals surface area contributed by atoms with Crippen molar-refractivity contribution in [2.24, 2.45) is 0 Å². The number of hydrogen-bond acceptors (Lipinski definition) is 4. The Hall–Kier alpha value is -3.25. The standard InChI is InChI=1S/C27H27NO4S/c1-27(21-10-4-2-5-11-21,22-12-6-3-7-13-22)33-18-17-28-23-14-8-9-20(15-16-25(30)31)26(23)32-19-24(28)29/h2-14H,15-19H2,1H3,(H,30,31). The van der Waals surface area contributed by atoms with Gasteiger partial charge in [-0.2, -0.15) is 0 Å². The van der Waals surface area contributed by atoms with Gasteiger partial charge in [0.25, 0.3) is 5.91 Å². The summed E-state index contributed by atoms with van der Waals surface area (Å²) in [6.07, 6.45) is 0.394. The van der Waals surface area contributed by atoms with Gasteiger partial charge in [0, 0.05) is 18.7 Å². The molecule has 1 aliphatic rings. The fraction of sp³-hybridized carbons (Fsp3) is 0.259. The molecular weight excluding hydrogens is 434 g/mol. The first kappa shape index (κ1) is 22.9. The highest BCUT2D eigenvalue weighted by Crippen LogP contribution is 2.43. The molecule has 33 heavy (non-hydrogen) atoms. The predicted molar refractivity (Wildman–Crippen MR) is 132 cm³/mol. The zero-order valence-electron chi connectivity index (χ0n) is 18.6. The number of ether oxygens (including phenoxy) is 1. The van der Waals surface area contributed by atoms with Gasteiger partial charge in [-0.05, 0) is 36.1 Å². The number of nitrogens with zero attached hydrogens (tertiary/aromatic N) is 1. The normalized spacial score (nSPS) is 13.4. The van der Waals surface area contributed by atoms with Gasteiger partial charge in [0.2, 0.25) is 0 Å². The van der Waals surface area contributed by atoms with Gasteiger partial charge in [0.15, 0.2) is 6.61 Å². The van der Waals surface area contributed by atoms with Gasteiger partial charge in [-0.25, -0.2) is 0 Å².